The van der Waals surface area contributed by atoms with E-state index in [9.17, 15) is 13.6 Å². The second-order valence-electron chi connectivity index (χ2n) is 3.54. The maximum absolute atomic E-state index is 11.2. The van der Waals surface area contributed by atoms with Crippen LogP contribution in [0.1, 0.15) is 19.4 Å². The van der Waals surface area contributed by atoms with Gasteiger partial charge < -0.3 is 0 Å². The van der Waals surface area contributed by atoms with E-state index in [4.69, 9.17) is 8.19 Å². The summed E-state index contributed by atoms with van der Waals surface area (Å²) in [4.78, 5) is 10.9. The van der Waals surface area contributed by atoms with E-state index in [1.54, 1.807) is 6.92 Å². The van der Waals surface area contributed by atoms with Crippen molar-refractivity contribution in [1.82, 2.24) is 0 Å². The van der Waals surface area contributed by atoms with Gasteiger partial charge in [0.15, 0.2) is 0 Å². The van der Waals surface area contributed by atoms with Crippen LogP contribution in [0, 0.1) is 0 Å². The molecule has 1 aromatic rings. The first-order chi connectivity index (χ1) is 7.77. The van der Waals surface area contributed by atoms with Crippen molar-refractivity contribution in [2.45, 2.75) is 20.3 Å². The van der Waals surface area contributed by atoms with Crippen LogP contribution < -0.4 is 9.67 Å². The third-order valence-electron chi connectivity index (χ3n) is 2.24. The molecule has 94 valence electrons. The van der Waals surface area contributed by atoms with Gasteiger partial charge in [0.1, 0.15) is 0 Å². The van der Waals surface area contributed by atoms with Gasteiger partial charge in [-0.15, -0.1) is 0 Å². The molecule has 0 radical (unpaired) electrons. The van der Waals surface area contributed by atoms with Crippen molar-refractivity contribution < 1.29 is 21.8 Å². The average Bonchev–Trinajstić information content (AvgIpc) is 2.15. The zero-order chi connectivity index (χ0) is 13.2. The van der Waals surface area contributed by atoms with Crippen molar-refractivity contribution in [1.29, 1.82) is 0 Å². The molecule has 6 nitrogen and oxygen atoms in total. The van der Waals surface area contributed by atoms with Crippen LogP contribution in [-0.4, -0.2) is 33.4 Å². The van der Waals surface area contributed by atoms with E-state index in [0.717, 1.165) is 6.07 Å². The molecule has 0 bridgehead atoms. The van der Waals surface area contributed by atoms with Crippen molar-refractivity contribution in [2.75, 3.05) is 5.32 Å². The molecule has 0 aliphatic rings. The van der Waals surface area contributed by atoms with Gasteiger partial charge in [0.2, 0.25) is 0 Å². The Kier molecular flexibility index (Phi) is 4.03. The molecule has 0 saturated carbocycles. The van der Waals surface area contributed by atoms with Gasteiger partial charge in [-0.25, -0.2) is 0 Å². The number of benzene rings is 1. The molecule has 7 heteroatoms. The summed E-state index contributed by atoms with van der Waals surface area (Å²) in [7, 11) is 0. The van der Waals surface area contributed by atoms with Gasteiger partial charge in [-0.3, -0.25) is 0 Å². The summed E-state index contributed by atoms with van der Waals surface area (Å²) in [6, 6.07) is 2.52. The predicted octanol–water partition coefficient (Wildman–Crippen LogP) is -0.526. The minimum absolute atomic E-state index is 0.312. The number of phenolic OH excluding ortho intramolecular Hbond substituents is 1. The molecule has 0 fully saturated rings. The Morgan fingerprint density at radius 2 is 2.00 bits per heavy atom. The van der Waals surface area contributed by atoms with Gasteiger partial charge in [0.25, 0.3) is 0 Å². The van der Waals surface area contributed by atoms with E-state index >= 15 is 0 Å². The molecule has 4 N–H and O–H groups in total. The van der Waals surface area contributed by atoms with Gasteiger partial charge in [0.05, 0.1) is 0 Å². The van der Waals surface area contributed by atoms with E-state index in [2.05, 4.69) is 5.32 Å². The zero-order valence-electron chi connectivity index (χ0n) is 9.47. The van der Waals surface area contributed by atoms with Crippen molar-refractivity contribution in [3.05, 3.63) is 17.7 Å². The molecular weight excluding hydrogens is 289 g/mol. The Balaban J connectivity index is 3.37. The van der Waals surface area contributed by atoms with Gasteiger partial charge in [-0.1, -0.05) is 0 Å². The fraction of sp³-hybridized carbons (Fsp3) is 0.300. The first-order valence-electron chi connectivity index (χ1n) is 4.96. The van der Waals surface area contributed by atoms with E-state index in [1.165, 1.54) is 13.0 Å². The van der Waals surface area contributed by atoms with E-state index < -0.39 is 19.9 Å². The number of hydrogen-bond donors (Lipinski definition) is 4. The second kappa shape index (κ2) is 4.96. The molecule has 0 heterocycles. The molecule has 0 aliphatic heterocycles. The van der Waals surface area contributed by atoms with Gasteiger partial charge in [-0.05, 0) is 0 Å². The van der Waals surface area contributed by atoms with Crippen LogP contribution >= 0.6 is 0 Å². The predicted molar refractivity (Wildman–Crippen MR) is 62.3 cm³/mol. The Labute approximate surface area is 101 Å². The Hall–Kier alpha value is -1.23. The number of nitrogens with one attached hydrogen (secondary N) is 1. The molecule has 0 unspecified atom stereocenters. The van der Waals surface area contributed by atoms with Crippen LogP contribution in [0.5, 0.6) is 5.75 Å². The molecule has 17 heavy (non-hydrogen) atoms. The van der Waals surface area contributed by atoms with Crippen LogP contribution in [0.4, 0.5) is 5.69 Å². The third kappa shape index (κ3) is 3.12. The molecule has 0 saturated heterocycles. The molecule has 0 atom stereocenters. The number of amides is 1. The summed E-state index contributed by atoms with van der Waals surface area (Å²) in [5.74, 6) is -0.750. The van der Waals surface area contributed by atoms with E-state index in [-0.39, 0.29) is 10.3 Å². The average molecular weight is 303 g/mol. The summed E-state index contributed by atoms with van der Waals surface area (Å²) in [6.45, 7) is 3.04. The van der Waals surface area contributed by atoms with Crippen LogP contribution in [0.15, 0.2) is 12.1 Å². The fourth-order valence-corrected chi connectivity index (χ4v) is 2.95. The molecular formula is C10H14AsNO5. The molecule has 1 amide bonds. The third-order valence-corrected chi connectivity index (χ3v) is 4.31. The summed E-state index contributed by atoms with van der Waals surface area (Å²) < 4.78 is 29.0. The minimum atomic E-state index is -5.14. The second-order valence-corrected chi connectivity index (χ2v) is 6.83. The van der Waals surface area contributed by atoms with Crippen LogP contribution in [-0.2, 0) is 15.0 Å². The molecule has 0 aliphatic carbocycles. The van der Waals surface area contributed by atoms with Crippen molar-refractivity contribution >= 4 is 30.1 Å². The number of anilines is 1. The van der Waals surface area contributed by atoms with Gasteiger partial charge in [-0.2, -0.15) is 0 Å². The van der Waals surface area contributed by atoms with Crippen LogP contribution in [0.3, 0.4) is 0 Å². The summed E-state index contributed by atoms with van der Waals surface area (Å²) in [5.41, 5.74) is 0.688. The van der Waals surface area contributed by atoms with Gasteiger partial charge in [0, 0.05) is 0 Å². The number of carbonyl (C=O) groups excluding carboxylic acids is 1. The zero-order valence-corrected chi connectivity index (χ0v) is 11.3. The Morgan fingerprint density at radius 1 is 1.41 bits per heavy atom. The maximum atomic E-state index is 11.2. The molecule has 0 spiro atoms. The SMILES string of the molecule is CCc1c(NC(C)=O)ccc([As](=O)(O)O)c1O. The number of rotatable bonds is 3. The van der Waals surface area contributed by atoms with E-state index in [0.29, 0.717) is 17.7 Å². The first-order valence-corrected chi connectivity index (χ1v) is 8.34. The van der Waals surface area contributed by atoms with Crippen molar-refractivity contribution in [2.24, 2.45) is 0 Å². The van der Waals surface area contributed by atoms with Crippen LogP contribution in [0.25, 0.3) is 0 Å². The molecule has 1 rings (SSSR count). The number of hydrogen-bond acceptors (Lipinski definition) is 3. The Bertz CT molecular complexity index is 494. The molecule has 0 aromatic heterocycles. The number of phenols is 1. The summed E-state index contributed by atoms with van der Waals surface area (Å²) >= 11 is -5.14. The molecule has 1 aromatic carbocycles. The fourth-order valence-electron chi connectivity index (χ4n) is 1.52. The summed E-state index contributed by atoms with van der Waals surface area (Å²) in [6.07, 6.45) is 0.352. The quantitative estimate of drug-likeness (QED) is 0.562. The topological polar surface area (TPSA) is 107 Å². The van der Waals surface area contributed by atoms with E-state index in [1.807, 2.05) is 0 Å². The summed E-state index contributed by atoms with van der Waals surface area (Å²) in [5, 5.41) is 12.3. The first kappa shape index (κ1) is 13.8. The monoisotopic (exact) mass is 303 g/mol. The van der Waals surface area contributed by atoms with Gasteiger partial charge >= 0.3 is 101 Å². The van der Waals surface area contributed by atoms with Crippen LogP contribution in [0.2, 0.25) is 0 Å². The normalized spacial score (nSPS) is 11.3. The number of carbonyl (C=O) groups is 1. The standard InChI is InChI=1S/C10H14AsNO5/c1-3-7-9(12-6(2)13)5-4-8(10(7)14)11(15,16)17/h4-5,14H,3H2,1-2H3,(H,12,13)(H2,15,16,17). The number of aromatic hydroxyl groups is 1. The Morgan fingerprint density at radius 3 is 2.41 bits per heavy atom. The van der Waals surface area contributed by atoms with Crippen molar-refractivity contribution in [3.8, 4) is 5.75 Å². The van der Waals surface area contributed by atoms with Crippen molar-refractivity contribution in [3.63, 3.8) is 0 Å².